The average Bonchev–Trinajstić information content (AvgIpc) is 3.18. The standard InChI is InChI=1S/C23H21N3O3/c27-22(28)13-14-29-19-11-5-16(6-12-19)15-24-18-9-7-17(8-10-18)23-25-20-3-1-2-4-21(20)26-23/h1-12,24H,13-15H2,(H,25,26)(H,27,28). The molecule has 6 nitrogen and oxygen atoms in total. The molecule has 0 radical (unpaired) electrons. The van der Waals surface area contributed by atoms with Gasteiger partial charge in [0.05, 0.1) is 24.1 Å². The highest BCUT2D eigenvalue weighted by Gasteiger charge is 2.05. The van der Waals surface area contributed by atoms with Gasteiger partial charge in [-0.05, 0) is 54.1 Å². The number of nitrogens with zero attached hydrogens (tertiary/aromatic N) is 1. The number of carboxylic acids is 1. The van der Waals surface area contributed by atoms with Crippen LogP contribution in [-0.2, 0) is 11.3 Å². The van der Waals surface area contributed by atoms with E-state index in [-0.39, 0.29) is 13.0 Å². The van der Waals surface area contributed by atoms with Gasteiger partial charge in [-0.3, -0.25) is 4.79 Å². The number of imidazole rings is 1. The third-order valence-electron chi connectivity index (χ3n) is 4.55. The molecule has 0 bridgehead atoms. The number of para-hydroxylation sites is 2. The van der Waals surface area contributed by atoms with Gasteiger partial charge in [-0.2, -0.15) is 0 Å². The SMILES string of the molecule is O=C(O)CCOc1ccc(CNc2ccc(-c3nc4ccccc4[nH]3)cc2)cc1. The average molecular weight is 387 g/mol. The van der Waals surface area contributed by atoms with Crippen LogP contribution in [0.2, 0.25) is 0 Å². The van der Waals surface area contributed by atoms with Crippen LogP contribution >= 0.6 is 0 Å². The summed E-state index contributed by atoms with van der Waals surface area (Å²) in [5.74, 6) is 0.665. The monoisotopic (exact) mass is 387 g/mol. The van der Waals surface area contributed by atoms with E-state index < -0.39 is 5.97 Å². The van der Waals surface area contributed by atoms with Gasteiger partial charge in [0.2, 0.25) is 0 Å². The van der Waals surface area contributed by atoms with Gasteiger partial charge in [-0.25, -0.2) is 4.98 Å². The van der Waals surface area contributed by atoms with E-state index in [0.717, 1.165) is 33.7 Å². The molecule has 1 heterocycles. The highest BCUT2D eigenvalue weighted by atomic mass is 16.5. The smallest absolute Gasteiger partial charge is 0.306 e. The molecule has 6 heteroatoms. The molecule has 0 amide bonds. The van der Waals surface area contributed by atoms with Crippen molar-refractivity contribution in [3.63, 3.8) is 0 Å². The lowest BCUT2D eigenvalue weighted by Gasteiger charge is -2.09. The zero-order valence-electron chi connectivity index (χ0n) is 15.8. The zero-order chi connectivity index (χ0) is 20.1. The normalized spacial score (nSPS) is 10.8. The van der Waals surface area contributed by atoms with Crippen molar-refractivity contribution >= 4 is 22.7 Å². The van der Waals surface area contributed by atoms with Crippen LogP contribution in [-0.4, -0.2) is 27.7 Å². The molecule has 0 saturated heterocycles. The van der Waals surface area contributed by atoms with E-state index in [1.807, 2.05) is 72.8 Å². The third kappa shape index (κ3) is 4.73. The van der Waals surface area contributed by atoms with E-state index in [4.69, 9.17) is 9.84 Å². The molecule has 1 aromatic heterocycles. The Hall–Kier alpha value is -3.80. The quantitative estimate of drug-likeness (QED) is 0.408. The van der Waals surface area contributed by atoms with Gasteiger partial charge in [0.25, 0.3) is 0 Å². The number of aliphatic carboxylic acids is 1. The molecule has 29 heavy (non-hydrogen) atoms. The first-order valence-corrected chi connectivity index (χ1v) is 9.40. The van der Waals surface area contributed by atoms with Gasteiger partial charge in [0, 0.05) is 17.8 Å². The number of carbonyl (C=O) groups is 1. The Morgan fingerprint density at radius 2 is 1.76 bits per heavy atom. The Morgan fingerprint density at radius 3 is 2.48 bits per heavy atom. The summed E-state index contributed by atoms with van der Waals surface area (Å²) in [6, 6.07) is 23.8. The molecule has 146 valence electrons. The molecule has 3 N–H and O–H groups in total. The summed E-state index contributed by atoms with van der Waals surface area (Å²) in [7, 11) is 0. The van der Waals surface area contributed by atoms with Gasteiger partial charge in [0.1, 0.15) is 11.6 Å². The number of H-pyrrole nitrogens is 1. The van der Waals surface area contributed by atoms with Crippen LogP contribution < -0.4 is 10.1 Å². The van der Waals surface area contributed by atoms with Gasteiger partial charge < -0.3 is 20.1 Å². The number of nitrogens with one attached hydrogen (secondary N) is 2. The highest BCUT2D eigenvalue weighted by molar-refractivity contribution is 5.79. The summed E-state index contributed by atoms with van der Waals surface area (Å²) in [4.78, 5) is 18.5. The summed E-state index contributed by atoms with van der Waals surface area (Å²) in [6.07, 6.45) is -0.00661. The molecule has 3 aromatic carbocycles. The van der Waals surface area contributed by atoms with E-state index in [1.54, 1.807) is 0 Å². The lowest BCUT2D eigenvalue weighted by Crippen LogP contribution is -2.05. The summed E-state index contributed by atoms with van der Waals surface area (Å²) in [6.45, 7) is 0.851. The maximum absolute atomic E-state index is 10.5. The molecule has 0 aliphatic heterocycles. The van der Waals surface area contributed by atoms with E-state index in [1.165, 1.54) is 0 Å². The number of hydrogen-bond donors (Lipinski definition) is 3. The first-order chi connectivity index (χ1) is 14.2. The second-order valence-corrected chi connectivity index (χ2v) is 6.67. The Labute approximate surface area is 168 Å². The fourth-order valence-electron chi connectivity index (χ4n) is 3.00. The molecule has 0 atom stereocenters. The molecule has 0 unspecified atom stereocenters. The Balaban J connectivity index is 1.33. The van der Waals surface area contributed by atoms with Crippen molar-refractivity contribution in [1.29, 1.82) is 0 Å². The summed E-state index contributed by atoms with van der Waals surface area (Å²) in [5.41, 5.74) is 5.15. The van der Waals surface area contributed by atoms with Gasteiger partial charge in [-0.1, -0.05) is 24.3 Å². The van der Waals surface area contributed by atoms with Crippen LogP contribution in [0.4, 0.5) is 5.69 Å². The number of aromatic amines is 1. The van der Waals surface area contributed by atoms with Crippen LogP contribution in [0, 0.1) is 0 Å². The third-order valence-corrected chi connectivity index (χ3v) is 4.55. The number of anilines is 1. The molecule has 0 aliphatic rings. The number of fused-ring (bicyclic) bond motifs is 1. The molecule has 0 aliphatic carbocycles. The first-order valence-electron chi connectivity index (χ1n) is 9.40. The van der Waals surface area contributed by atoms with Crippen LogP contribution in [0.5, 0.6) is 5.75 Å². The maximum Gasteiger partial charge on any atom is 0.306 e. The minimum atomic E-state index is -0.864. The van der Waals surface area contributed by atoms with E-state index in [0.29, 0.717) is 12.3 Å². The highest BCUT2D eigenvalue weighted by Crippen LogP contribution is 2.22. The second-order valence-electron chi connectivity index (χ2n) is 6.67. The molecular formula is C23H21N3O3. The molecule has 0 fully saturated rings. The lowest BCUT2D eigenvalue weighted by molar-refractivity contribution is -0.137. The molecule has 0 spiro atoms. The lowest BCUT2D eigenvalue weighted by atomic mass is 10.2. The number of rotatable bonds is 8. The van der Waals surface area contributed by atoms with Gasteiger partial charge >= 0.3 is 5.97 Å². The zero-order valence-corrected chi connectivity index (χ0v) is 15.8. The Morgan fingerprint density at radius 1 is 1.00 bits per heavy atom. The van der Waals surface area contributed by atoms with E-state index in [2.05, 4.69) is 15.3 Å². The van der Waals surface area contributed by atoms with Crippen molar-refractivity contribution in [3.05, 3.63) is 78.4 Å². The Bertz CT molecular complexity index is 1070. The van der Waals surface area contributed by atoms with Gasteiger partial charge in [-0.15, -0.1) is 0 Å². The van der Waals surface area contributed by atoms with Crippen molar-refractivity contribution in [1.82, 2.24) is 9.97 Å². The van der Waals surface area contributed by atoms with Crippen LogP contribution in [0.1, 0.15) is 12.0 Å². The number of aromatic nitrogens is 2. The predicted molar refractivity (Wildman–Crippen MR) is 113 cm³/mol. The summed E-state index contributed by atoms with van der Waals surface area (Å²) in [5, 5.41) is 12.0. The van der Waals surface area contributed by atoms with E-state index in [9.17, 15) is 4.79 Å². The molecule has 4 rings (SSSR count). The van der Waals surface area contributed by atoms with Crippen molar-refractivity contribution in [2.45, 2.75) is 13.0 Å². The van der Waals surface area contributed by atoms with Crippen LogP contribution in [0.25, 0.3) is 22.4 Å². The molecule has 4 aromatic rings. The van der Waals surface area contributed by atoms with E-state index >= 15 is 0 Å². The number of carboxylic acid groups (broad SMARTS) is 1. The molecular weight excluding hydrogens is 366 g/mol. The van der Waals surface area contributed by atoms with Crippen LogP contribution in [0.15, 0.2) is 72.8 Å². The second kappa shape index (κ2) is 8.48. The van der Waals surface area contributed by atoms with Crippen molar-refractivity contribution in [3.8, 4) is 17.1 Å². The van der Waals surface area contributed by atoms with Crippen molar-refractivity contribution in [2.75, 3.05) is 11.9 Å². The summed E-state index contributed by atoms with van der Waals surface area (Å²) < 4.78 is 5.40. The Kier molecular flexibility index (Phi) is 5.42. The molecule has 0 saturated carbocycles. The van der Waals surface area contributed by atoms with Crippen molar-refractivity contribution in [2.24, 2.45) is 0 Å². The largest absolute Gasteiger partial charge is 0.493 e. The fraction of sp³-hybridized carbons (Fsp3) is 0.130. The summed E-state index contributed by atoms with van der Waals surface area (Å²) >= 11 is 0. The predicted octanol–water partition coefficient (Wildman–Crippen LogP) is 4.70. The fourth-order valence-corrected chi connectivity index (χ4v) is 3.00. The minimum Gasteiger partial charge on any atom is -0.493 e. The minimum absolute atomic E-state index is 0.00661. The number of benzene rings is 3. The number of ether oxygens (including phenoxy) is 1. The maximum atomic E-state index is 10.5. The first kappa shape index (κ1) is 18.6. The number of hydrogen-bond acceptors (Lipinski definition) is 4. The van der Waals surface area contributed by atoms with Gasteiger partial charge in [0.15, 0.2) is 0 Å². The van der Waals surface area contributed by atoms with Crippen molar-refractivity contribution < 1.29 is 14.6 Å². The topological polar surface area (TPSA) is 87.2 Å². The van der Waals surface area contributed by atoms with Crippen LogP contribution in [0.3, 0.4) is 0 Å².